The molecule has 0 saturated heterocycles. The van der Waals surface area contributed by atoms with Crippen molar-refractivity contribution in [1.82, 2.24) is 5.32 Å². The van der Waals surface area contributed by atoms with Crippen LogP contribution in [0.1, 0.15) is 64.2 Å². The highest BCUT2D eigenvalue weighted by Gasteiger charge is 2.41. The van der Waals surface area contributed by atoms with E-state index in [1.165, 1.54) is 32.1 Å². The number of nitrogens with one attached hydrogen (secondary N) is 1. The van der Waals surface area contributed by atoms with Crippen molar-refractivity contribution in [2.75, 3.05) is 13.2 Å². The molecule has 2 unspecified atom stereocenters. The Morgan fingerprint density at radius 2 is 1.77 bits per heavy atom. The summed E-state index contributed by atoms with van der Waals surface area (Å²) in [6.07, 6.45) is 11.3. The second-order valence-electron chi connectivity index (χ2n) is 8.10. The zero-order valence-corrected chi connectivity index (χ0v) is 13.7. The van der Waals surface area contributed by atoms with Gasteiger partial charge >= 0.3 is 0 Å². The minimum absolute atomic E-state index is 0.158. The number of amides is 1. The molecule has 2 bridgehead atoms. The van der Waals surface area contributed by atoms with Crippen LogP contribution in [0.4, 0.5) is 0 Å². The molecular formula is C18H32N2O2. The Labute approximate surface area is 134 Å². The fourth-order valence-electron chi connectivity index (χ4n) is 5.30. The number of carbonyl (C=O) groups is 1. The molecule has 0 aliphatic heterocycles. The summed E-state index contributed by atoms with van der Waals surface area (Å²) in [5.41, 5.74) is 6.48. The summed E-state index contributed by atoms with van der Waals surface area (Å²) in [5.74, 6) is 1.53. The van der Waals surface area contributed by atoms with Crippen LogP contribution in [0.25, 0.3) is 0 Å². The first-order valence-electron chi connectivity index (χ1n) is 9.28. The molecule has 3 fully saturated rings. The van der Waals surface area contributed by atoms with Crippen molar-refractivity contribution >= 4 is 5.91 Å². The molecule has 3 aliphatic rings. The van der Waals surface area contributed by atoms with Gasteiger partial charge in [-0.25, -0.2) is 0 Å². The maximum atomic E-state index is 12.6. The summed E-state index contributed by atoms with van der Waals surface area (Å²) in [4.78, 5) is 12.6. The maximum absolute atomic E-state index is 12.6. The second-order valence-corrected chi connectivity index (χ2v) is 8.10. The van der Waals surface area contributed by atoms with Crippen LogP contribution in [0.2, 0.25) is 0 Å². The van der Waals surface area contributed by atoms with Crippen molar-refractivity contribution in [1.29, 1.82) is 0 Å². The normalized spacial score (nSPS) is 37.0. The van der Waals surface area contributed by atoms with Crippen molar-refractivity contribution in [3.63, 3.8) is 0 Å². The molecule has 3 aliphatic carbocycles. The third kappa shape index (κ3) is 3.33. The van der Waals surface area contributed by atoms with E-state index in [2.05, 4.69) is 5.32 Å². The van der Waals surface area contributed by atoms with Crippen LogP contribution in [-0.4, -0.2) is 30.2 Å². The summed E-state index contributed by atoms with van der Waals surface area (Å²) in [7, 11) is 0. The number of fused-ring (bicyclic) bond motifs is 2. The zero-order valence-electron chi connectivity index (χ0n) is 13.7. The van der Waals surface area contributed by atoms with Crippen LogP contribution in [0.5, 0.6) is 0 Å². The lowest BCUT2D eigenvalue weighted by Gasteiger charge is -2.43. The molecule has 3 saturated carbocycles. The van der Waals surface area contributed by atoms with E-state index in [-0.39, 0.29) is 23.8 Å². The van der Waals surface area contributed by atoms with Crippen molar-refractivity contribution in [3.8, 4) is 0 Å². The third-order valence-corrected chi connectivity index (χ3v) is 6.73. The van der Waals surface area contributed by atoms with Crippen molar-refractivity contribution in [2.45, 2.75) is 70.3 Å². The standard InChI is InChI=1S/C18H32N2O2/c19-16-13-4-3-5-14(16)11-15(10-13)17(22)20-12-18(8-9-21)6-1-2-7-18/h13-16,21H,1-12,19H2,(H,20,22). The highest BCUT2D eigenvalue weighted by atomic mass is 16.3. The summed E-state index contributed by atoms with van der Waals surface area (Å²) in [6, 6.07) is 0.327. The van der Waals surface area contributed by atoms with Gasteiger partial charge in [-0.3, -0.25) is 4.79 Å². The van der Waals surface area contributed by atoms with Gasteiger partial charge in [-0.1, -0.05) is 19.3 Å². The van der Waals surface area contributed by atoms with Crippen LogP contribution in [0.15, 0.2) is 0 Å². The highest BCUT2D eigenvalue weighted by Crippen LogP contribution is 2.43. The molecule has 0 aromatic heterocycles. The first-order valence-corrected chi connectivity index (χ1v) is 9.28. The van der Waals surface area contributed by atoms with Gasteiger partial charge in [-0.15, -0.1) is 0 Å². The SMILES string of the molecule is NC1C2CCCC1CC(C(=O)NCC1(CCO)CCCC1)C2. The largest absolute Gasteiger partial charge is 0.396 e. The van der Waals surface area contributed by atoms with Crippen LogP contribution < -0.4 is 11.1 Å². The fraction of sp³-hybridized carbons (Fsp3) is 0.944. The molecule has 4 N–H and O–H groups in total. The van der Waals surface area contributed by atoms with Crippen LogP contribution >= 0.6 is 0 Å². The minimum atomic E-state index is 0.158. The quantitative estimate of drug-likeness (QED) is 0.729. The first-order chi connectivity index (χ1) is 10.6. The van der Waals surface area contributed by atoms with Crippen LogP contribution in [0.3, 0.4) is 0 Å². The van der Waals surface area contributed by atoms with E-state index in [9.17, 15) is 9.90 Å². The van der Waals surface area contributed by atoms with E-state index in [1.54, 1.807) is 0 Å². The maximum Gasteiger partial charge on any atom is 0.223 e. The van der Waals surface area contributed by atoms with E-state index in [0.717, 1.165) is 38.6 Å². The smallest absolute Gasteiger partial charge is 0.223 e. The molecule has 126 valence electrons. The number of carbonyl (C=O) groups excluding carboxylic acids is 1. The summed E-state index contributed by atoms with van der Waals surface area (Å²) in [6.45, 7) is 0.989. The molecule has 2 atom stereocenters. The Hall–Kier alpha value is -0.610. The van der Waals surface area contributed by atoms with Gasteiger partial charge in [-0.05, 0) is 62.2 Å². The number of aliphatic hydroxyl groups excluding tert-OH is 1. The number of nitrogens with two attached hydrogens (primary N) is 1. The van der Waals surface area contributed by atoms with Gasteiger partial charge in [-0.2, -0.15) is 0 Å². The predicted molar refractivity (Wildman–Crippen MR) is 87.1 cm³/mol. The molecule has 4 heteroatoms. The molecule has 0 aromatic rings. The van der Waals surface area contributed by atoms with E-state index in [4.69, 9.17) is 5.73 Å². The molecular weight excluding hydrogens is 276 g/mol. The highest BCUT2D eigenvalue weighted by molar-refractivity contribution is 5.78. The average Bonchev–Trinajstić information content (AvgIpc) is 2.94. The molecule has 1 amide bonds. The first kappa shape index (κ1) is 16.3. The summed E-state index contributed by atoms with van der Waals surface area (Å²) < 4.78 is 0. The summed E-state index contributed by atoms with van der Waals surface area (Å²) >= 11 is 0. The van der Waals surface area contributed by atoms with E-state index in [0.29, 0.717) is 17.9 Å². The fourth-order valence-corrected chi connectivity index (χ4v) is 5.30. The molecule has 4 nitrogen and oxygen atoms in total. The Kier molecular flexibility index (Phi) is 5.08. The van der Waals surface area contributed by atoms with Gasteiger partial charge < -0.3 is 16.2 Å². The number of aliphatic hydroxyl groups is 1. The van der Waals surface area contributed by atoms with Gasteiger partial charge in [0.1, 0.15) is 0 Å². The van der Waals surface area contributed by atoms with Crippen molar-refractivity contribution in [3.05, 3.63) is 0 Å². The average molecular weight is 308 g/mol. The number of rotatable bonds is 5. The topological polar surface area (TPSA) is 75.4 Å². The molecule has 22 heavy (non-hydrogen) atoms. The van der Waals surface area contributed by atoms with Gasteiger partial charge in [0.15, 0.2) is 0 Å². The van der Waals surface area contributed by atoms with E-state index < -0.39 is 0 Å². The molecule has 0 aromatic carbocycles. The third-order valence-electron chi connectivity index (χ3n) is 6.73. The molecule has 0 radical (unpaired) electrons. The van der Waals surface area contributed by atoms with Crippen molar-refractivity contribution < 1.29 is 9.90 Å². The lowest BCUT2D eigenvalue weighted by Crippen LogP contribution is -2.50. The Morgan fingerprint density at radius 1 is 1.14 bits per heavy atom. The number of hydrogen-bond donors (Lipinski definition) is 3. The van der Waals surface area contributed by atoms with Gasteiger partial charge in [0.2, 0.25) is 5.91 Å². The van der Waals surface area contributed by atoms with Gasteiger partial charge in [0.25, 0.3) is 0 Å². The Balaban J connectivity index is 1.54. The van der Waals surface area contributed by atoms with Crippen LogP contribution in [-0.2, 0) is 4.79 Å². The van der Waals surface area contributed by atoms with Crippen molar-refractivity contribution in [2.24, 2.45) is 28.9 Å². The molecule has 3 rings (SSSR count). The van der Waals surface area contributed by atoms with Gasteiger partial charge in [0.05, 0.1) is 0 Å². The number of hydrogen-bond acceptors (Lipinski definition) is 3. The lowest BCUT2D eigenvalue weighted by atomic mass is 9.65. The monoisotopic (exact) mass is 308 g/mol. The van der Waals surface area contributed by atoms with E-state index >= 15 is 0 Å². The predicted octanol–water partition coefficient (Wildman–Crippen LogP) is 2.20. The Bertz CT molecular complexity index is 379. The molecule has 0 heterocycles. The minimum Gasteiger partial charge on any atom is -0.396 e. The van der Waals surface area contributed by atoms with E-state index in [1.807, 2.05) is 0 Å². The second kappa shape index (κ2) is 6.88. The summed E-state index contributed by atoms with van der Waals surface area (Å²) in [5, 5.41) is 12.6. The zero-order chi connectivity index (χ0) is 15.6. The molecule has 0 spiro atoms. The van der Waals surface area contributed by atoms with Crippen LogP contribution in [0, 0.1) is 23.2 Å². The van der Waals surface area contributed by atoms with Gasteiger partial charge in [0, 0.05) is 25.1 Å². The lowest BCUT2D eigenvalue weighted by molar-refractivity contribution is -0.128. The Morgan fingerprint density at radius 3 is 2.36 bits per heavy atom.